The average molecular weight is 255 g/mol. The molecule has 0 aliphatic carbocycles. The number of hydrogen-bond acceptors (Lipinski definition) is 5. The van der Waals surface area contributed by atoms with Crippen LogP contribution in [0.3, 0.4) is 0 Å². The highest BCUT2D eigenvalue weighted by molar-refractivity contribution is 4.91. The smallest absolute Gasteiger partial charge is 0.0964 e. The van der Waals surface area contributed by atoms with Crippen molar-refractivity contribution < 1.29 is 4.74 Å². The van der Waals surface area contributed by atoms with Gasteiger partial charge >= 0.3 is 0 Å². The molecule has 1 N–H and O–H groups in total. The van der Waals surface area contributed by atoms with Crippen LogP contribution in [0.1, 0.15) is 19.5 Å². The second kappa shape index (κ2) is 8.18. The fourth-order valence-electron chi connectivity index (χ4n) is 1.78. The van der Waals surface area contributed by atoms with Crippen LogP contribution >= 0.6 is 0 Å². The molecule has 0 fully saturated rings. The maximum absolute atomic E-state index is 5.13. The molecule has 0 saturated heterocycles. The monoisotopic (exact) mass is 255 g/mol. The van der Waals surface area contributed by atoms with E-state index in [-0.39, 0.29) is 0 Å². The first-order valence-electron chi connectivity index (χ1n) is 6.44. The lowest BCUT2D eigenvalue weighted by Gasteiger charge is -2.25. The van der Waals surface area contributed by atoms with Gasteiger partial charge in [0.25, 0.3) is 0 Å². The van der Waals surface area contributed by atoms with Gasteiger partial charge in [-0.1, -0.05) is 5.21 Å². The van der Waals surface area contributed by atoms with E-state index in [9.17, 15) is 0 Å². The molecule has 0 radical (unpaired) electrons. The third kappa shape index (κ3) is 5.12. The highest BCUT2D eigenvalue weighted by Crippen LogP contribution is 1.99. The van der Waals surface area contributed by atoms with Gasteiger partial charge in [0.05, 0.1) is 18.8 Å². The van der Waals surface area contributed by atoms with Gasteiger partial charge in [0.1, 0.15) is 0 Å². The van der Waals surface area contributed by atoms with Gasteiger partial charge in [0.15, 0.2) is 0 Å². The lowest BCUT2D eigenvalue weighted by atomic mass is 10.3. The summed E-state index contributed by atoms with van der Waals surface area (Å²) in [7, 11) is 3.64. The molecule has 0 aliphatic rings. The summed E-state index contributed by atoms with van der Waals surface area (Å²) in [4.78, 5) is 2.38. The van der Waals surface area contributed by atoms with Crippen LogP contribution in [-0.4, -0.2) is 59.8 Å². The number of nitrogens with zero attached hydrogens (tertiary/aromatic N) is 4. The third-order valence-electron chi connectivity index (χ3n) is 2.87. The summed E-state index contributed by atoms with van der Waals surface area (Å²) < 4.78 is 7.02. The summed E-state index contributed by atoms with van der Waals surface area (Å²) in [6.45, 7) is 8.69. The normalized spacial score (nSPS) is 11.7. The molecule has 0 bridgehead atoms. The first-order chi connectivity index (χ1) is 8.67. The molecule has 6 nitrogen and oxygen atoms in total. The van der Waals surface area contributed by atoms with Gasteiger partial charge in [-0.2, -0.15) is 0 Å². The number of hydrogen-bond donors (Lipinski definition) is 1. The Bertz CT molecular complexity index is 326. The predicted octanol–water partition coefficient (Wildman–Crippen LogP) is 0.354. The molecule has 0 saturated carbocycles. The van der Waals surface area contributed by atoms with Crippen molar-refractivity contribution in [1.82, 2.24) is 25.2 Å². The standard InChI is InChI=1S/C12H25N5O/c1-11(2)16(7-8-18-4)5-6-17-10-12(9-13-3)14-15-17/h10-11,13H,5-9H2,1-4H3. The molecule has 0 atom stereocenters. The summed E-state index contributed by atoms with van der Waals surface area (Å²) in [5.41, 5.74) is 0.977. The van der Waals surface area contributed by atoms with E-state index in [0.29, 0.717) is 6.04 Å². The van der Waals surface area contributed by atoms with Crippen LogP contribution in [-0.2, 0) is 17.8 Å². The molecule has 0 aromatic carbocycles. The molecule has 104 valence electrons. The van der Waals surface area contributed by atoms with Gasteiger partial charge in [-0.15, -0.1) is 5.10 Å². The summed E-state index contributed by atoms with van der Waals surface area (Å²) in [5.74, 6) is 0. The Morgan fingerprint density at radius 3 is 2.83 bits per heavy atom. The molecule has 18 heavy (non-hydrogen) atoms. The van der Waals surface area contributed by atoms with Crippen LogP contribution < -0.4 is 5.32 Å². The summed E-state index contributed by atoms with van der Waals surface area (Å²) in [5, 5.41) is 11.3. The van der Waals surface area contributed by atoms with E-state index in [1.54, 1.807) is 7.11 Å². The van der Waals surface area contributed by atoms with Gasteiger partial charge in [-0.05, 0) is 20.9 Å². The zero-order valence-electron chi connectivity index (χ0n) is 11.9. The fourth-order valence-corrected chi connectivity index (χ4v) is 1.78. The second-order valence-corrected chi connectivity index (χ2v) is 4.63. The van der Waals surface area contributed by atoms with Crippen molar-refractivity contribution in [2.75, 3.05) is 33.9 Å². The molecule has 1 rings (SSSR count). The first-order valence-corrected chi connectivity index (χ1v) is 6.44. The van der Waals surface area contributed by atoms with Gasteiger partial charge in [-0.3, -0.25) is 9.58 Å². The van der Waals surface area contributed by atoms with E-state index in [1.807, 2.05) is 17.9 Å². The number of ether oxygens (including phenoxy) is 1. The molecule has 0 unspecified atom stereocenters. The maximum Gasteiger partial charge on any atom is 0.0964 e. The topological polar surface area (TPSA) is 55.2 Å². The zero-order valence-corrected chi connectivity index (χ0v) is 11.9. The van der Waals surface area contributed by atoms with Crippen molar-refractivity contribution in [1.29, 1.82) is 0 Å². The fraction of sp³-hybridized carbons (Fsp3) is 0.833. The molecule has 0 aliphatic heterocycles. The Labute approximate surface area is 109 Å². The number of nitrogens with one attached hydrogen (secondary N) is 1. The van der Waals surface area contributed by atoms with E-state index in [4.69, 9.17) is 4.74 Å². The first kappa shape index (κ1) is 15.1. The van der Waals surface area contributed by atoms with Crippen LogP contribution in [0.4, 0.5) is 0 Å². The molecule has 0 amide bonds. The molecular weight excluding hydrogens is 230 g/mol. The number of methoxy groups -OCH3 is 1. The highest BCUT2D eigenvalue weighted by Gasteiger charge is 2.09. The average Bonchev–Trinajstić information content (AvgIpc) is 2.77. The van der Waals surface area contributed by atoms with E-state index < -0.39 is 0 Å². The van der Waals surface area contributed by atoms with Gasteiger partial charge in [-0.25, -0.2) is 0 Å². The Balaban J connectivity index is 2.40. The van der Waals surface area contributed by atoms with E-state index in [2.05, 4.69) is 34.4 Å². The van der Waals surface area contributed by atoms with Crippen LogP contribution in [0.5, 0.6) is 0 Å². The van der Waals surface area contributed by atoms with Crippen molar-refractivity contribution in [2.45, 2.75) is 33.0 Å². The zero-order chi connectivity index (χ0) is 13.4. The lowest BCUT2D eigenvalue weighted by Crippen LogP contribution is -2.36. The molecule has 1 aromatic heterocycles. The molecular formula is C12H25N5O. The van der Waals surface area contributed by atoms with Crippen molar-refractivity contribution in [3.05, 3.63) is 11.9 Å². The molecule has 0 spiro atoms. The lowest BCUT2D eigenvalue weighted by molar-refractivity contribution is 0.126. The van der Waals surface area contributed by atoms with E-state index in [1.165, 1.54) is 0 Å². The van der Waals surface area contributed by atoms with Gasteiger partial charge in [0, 0.05) is 39.0 Å². The minimum atomic E-state index is 0.514. The Morgan fingerprint density at radius 1 is 1.44 bits per heavy atom. The van der Waals surface area contributed by atoms with Gasteiger partial charge < -0.3 is 10.1 Å². The van der Waals surface area contributed by atoms with E-state index in [0.717, 1.165) is 38.5 Å². The Hall–Kier alpha value is -0.980. The summed E-state index contributed by atoms with van der Waals surface area (Å²) in [6, 6.07) is 0.514. The second-order valence-electron chi connectivity index (χ2n) is 4.63. The highest BCUT2D eigenvalue weighted by atomic mass is 16.5. The van der Waals surface area contributed by atoms with E-state index >= 15 is 0 Å². The van der Waals surface area contributed by atoms with Crippen LogP contribution in [0.25, 0.3) is 0 Å². The SMILES string of the molecule is CNCc1cn(CCN(CCOC)C(C)C)nn1. The van der Waals surface area contributed by atoms with Gasteiger partial charge in [0.2, 0.25) is 0 Å². The minimum absolute atomic E-state index is 0.514. The minimum Gasteiger partial charge on any atom is -0.383 e. The summed E-state index contributed by atoms with van der Waals surface area (Å²) in [6.07, 6.45) is 1.99. The maximum atomic E-state index is 5.13. The van der Waals surface area contributed by atoms with Crippen molar-refractivity contribution in [3.8, 4) is 0 Å². The van der Waals surface area contributed by atoms with Crippen molar-refractivity contribution in [3.63, 3.8) is 0 Å². The van der Waals surface area contributed by atoms with Crippen LogP contribution in [0.15, 0.2) is 6.20 Å². The number of aromatic nitrogens is 3. The molecule has 1 aromatic rings. The van der Waals surface area contributed by atoms with Crippen molar-refractivity contribution in [2.24, 2.45) is 0 Å². The molecule has 6 heteroatoms. The van der Waals surface area contributed by atoms with Crippen LogP contribution in [0.2, 0.25) is 0 Å². The largest absolute Gasteiger partial charge is 0.383 e. The quantitative estimate of drug-likeness (QED) is 0.690. The van der Waals surface area contributed by atoms with Crippen molar-refractivity contribution >= 4 is 0 Å². The predicted molar refractivity (Wildman–Crippen MR) is 71.4 cm³/mol. The summed E-state index contributed by atoms with van der Waals surface area (Å²) >= 11 is 0. The number of rotatable bonds is 9. The van der Waals surface area contributed by atoms with Crippen LogP contribution in [0, 0.1) is 0 Å². The molecule has 1 heterocycles. The Morgan fingerprint density at radius 2 is 2.22 bits per heavy atom. The Kier molecular flexibility index (Phi) is 6.85. The third-order valence-corrected chi connectivity index (χ3v) is 2.87.